The maximum absolute atomic E-state index is 13.4. The normalized spacial score (nSPS) is 18.1. The quantitative estimate of drug-likeness (QED) is 0.322. The maximum Gasteiger partial charge on any atom is 0.356 e. The lowest BCUT2D eigenvalue weighted by molar-refractivity contribution is -0.149. The highest BCUT2D eigenvalue weighted by atomic mass is 35.5. The molecule has 0 amide bonds. The van der Waals surface area contributed by atoms with Crippen molar-refractivity contribution in [2.45, 2.75) is 52.5 Å². The molecule has 0 atom stereocenters. The number of benzene rings is 1. The summed E-state index contributed by atoms with van der Waals surface area (Å²) in [4.78, 5) is 30.2. The van der Waals surface area contributed by atoms with E-state index in [1.54, 1.807) is 23.9 Å². The fourth-order valence-electron chi connectivity index (χ4n) is 5.31. The summed E-state index contributed by atoms with van der Waals surface area (Å²) in [5, 5.41) is 5.43. The highest BCUT2D eigenvalue weighted by Crippen LogP contribution is 2.39. The van der Waals surface area contributed by atoms with Gasteiger partial charge in [0.25, 0.3) is 0 Å². The van der Waals surface area contributed by atoms with Crippen LogP contribution in [0.5, 0.6) is 11.5 Å². The van der Waals surface area contributed by atoms with Gasteiger partial charge in [-0.15, -0.1) is 0 Å². The molecule has 9 nitrogen and oxygen atoms in total. The number of nitrogens with zero attached hydrogens (tertiary/aromatic N) is 3. The van der Waals surface area contributed by atoms with E-state index in [1.807, 2.05) is 31.2 Å². The Morgan fingerprint density at radius 3 is 2.49 bits per heavy atom. The third-order valence-corrected chi connectivity index (χ3v) is 7.59. The van der Waals surface area contributed by atoms with Crippen LogP contribution in [0.1, 0.15) is 61.1 Å². The van der Waals surface area contributed by atoms with E-state index in [4.69, 9.17) is 35.6 Å². The number of esters is 2. The molecule has 0 unspecified atom stereocenters. The molecular formula is C29H32ClN3O6. The molecule has 0 N–H and O–H groups in total. The van der Waals surface area contributed by atoms with Crippen molar-refractivity contribution in [3.8, 4) is 22.9 Å². The molecule has 0 bridgehead atoms. The Bertz CT molecular complexity index is 1330. The van der Waals surface area contributed by atoms with E-state index in [0.717, 1.165) is 31.2 Å². The number of ether oxygens (including phenoxy) is 4. The van der Waals surface area contributed by atoms with Gasteiger partial charge in [-0.1, -0.05) is 17.7 Å². The van der Waals surface area contributed by atoms with E-state index in [1.165, 1.54) is 0 Å². The molecule has 2 aromatic heterocycles. The van der Waals surface area contributed by atoms with Crippen LogP contribution in [0.15, 0.2) is 36.5 Å². The zero-order chi connectivity index (χ0) is 27.4. The number of carbonyl (C=O) groups excluding carboxylic acids is 2. The molecule has 1 saturated carbocycles. The van der Waals surface area contributed by atoms with Crippen molar-refractivity contribution < 1.29 is 28.5 Å². The molecule has 3 aromatic rings. The first-order valence-corrected chi connectivity index (χ1v) is 13.8. The van der Waals surface area contributed by atoms with Crippen LogP contribution in [-0.2, 0) is 27.2 Å². The second-order valence-corrected chi connectivity index (χ2v) is 10.1. The van der Waals surface area contributed by atoms with Gasteiger partial charge in [-0.25, -0.2) is 4.79 Å². The fourth-order valence-corrected chi connectivity index (χ4v) is 5.53. The van der Waals surface area contributed by atoms with Crippen LogP contribution in [-0.4, -0.2) is 46.7 Å². The predicted molar refractivity (Wildman–Crippen MR) is 144 cm³/mol. The van der Waals surface area contributed by atoms with Crippen LogP contribution < -0.4 is 9.47 Å². The number of aromatic nitrogens is 3. The van der Waals surface area contributed by atoms with Crippen LogP contribution in [0.3, 0.4) is 0 Å². The lowest BCUT2D eigenvalue weighted by Gasteiger charge is -2.27. The first kappa shape index (κ1) is 27.0. The molecule has 0 radical (unpaired) electrons. The number of hydrogen-bond donors (Lipinski definition) is 0. The molecule has 2 aliphatic rings. The summed E-state index contributed by atoms with van der Waals surface area (Å²) in [5.41, 5.74) is 3.11. The van der Waals surface area contributed by atoms with Crippen LogP contribution in [0, 0.1) is 11.8 Å². The van der Waals surface area contributed by atoms with Crippen molar-refractivity contribution >= 4 is 23.5 Å². The van der Waals surface area contributed by atoms with E-state index < -0.39 is 5.97 Å². The minimum absolute atomic E-state index is 0.0730. The van der Waals surface area contributed by atoms with Crippen molar-refractivity contribution in [3.63, 3.8) is 0 Å². The van der Waals surface area contributed by atoms with Crippen LogP contribution in [0.4, 0.5) is 0 Å². The van der Waals surface area contributed by atoms with Crippen molar-refractivity contribution in [2.75, 3.05) is 20.0 Å². The second kappa shape index (κ2) is 12.1. The first-order chi connectivity index (χ1) is 19.0. The monoisotopic (exact) mass is 553 g/mol. The van der Waals surface area contributed by atoms with Gasteiger partial charge in [0.15, 0.2) is 17.2 Å². The Balaban J connectivity index is 1.51. The van der Waals surface area contributed by atoms with Gasteiger partial charge in [0, 0.05) is 35.8 Å². The number of carbonyl (C=O) groups is 2. The molecule has 1 aliphatic heterocycles. The topological polar surface area (TPSA) is 102 Å². The summed E-state index contributed by atoms with van der Waals surface area (Å²) in [6, 6.07) is 9.17. The molecule has 0 saturated heterocycles. The van der Waals surface area contributed by atoms with Gasteiger partial charge in [-0.05, 0) is 69.2 Å². The van der Waals surface area contributed by atoms with Gasteiger partial charge in [0.1, 0.15) is 5.69 Å². The number of pyridine rings is 1. The Morgan fingerprint density at radius 1 is 1.05 bits per heavy atom. The highest BCUT2D eigenvalue weighted by molar-refractivity contribution is 6.31. The minimum atomic E-state index is -0.445. The summed E-state index contributed by atoms with van der Waals surface area (Å²) >= 11 is 6.64. The SMILES string of the molecule is CCOC(=O)c1c(Cc2cc3c(cc2Cl)OCO3)c(-c2ccccn2)nn1CC1CCC(C(=O)OCC)CC1. The number of hydrogen-bond acceptors (Lipinski definition) is 8. The minimum Gasteiger partial charge on any atom is -0.466 e. The molecule has 1 aliphatic carbocycles. The van der Waals surface area contributed by atoms with E-state index >= 15 is 0 Å². The number of rotatable bonds is 9. The lowest BCUT2D eigenvalue weighted by atomic mass is 9.82. The second-order valence-electron chi connectivity index (χ2n) is 9.74. The van der Waals surface area contributed by atoms with Crippen LogP contribution in [0.2, 0.25) is 5.02 Å². The number of halogens is 1. The summed E-state index contributed by atoms with van der Waals surface area (Å²) in [6.45, 7) is 4.89. The molecule has 1 aromatic carbocycles. The van der Waals surface area contributed by atoms with Crippen molar-refractivity contribution in [2.24, 2.45) is 11.8 Å². The zero-order valence-electron chi connectivity index (χ0n) is 22.2. The standard InChI is InChI=1S/C29H32ClN3O6/c1-3-36-28(34)19-10-8-18(9-11-19)16-33-27(29(35)37-4-2)21(26(32-33)23-7-5-6-12-31-23)13-20-14-24-25(15-22(20)30)39-17-38-24/h5-7,12,14-15,18-19H,3-4,8-11,13,16-17H2,1-2H3. The van der Waals surface area contributed by atoms with E-state index in [9.17, 15) is 9.59 Å². The molecule has 206 valence electrons. The first-order valence-electron chi connectivity index (χ1n) is 13.4. The summed E-state index contributed by atoms with van der Waals surface area (Å²) in [7, 11) is 0. The Labute approximate surface area is 232 Å². The Hall–Kier alpha value is -3.59. The van der Waals surface area contributed by atoms with Gasteiger partial charge in [0.05, 0.1) is 24.8 Å². The van der Waals surface area contributed by atoms with Crippen LogP contribution >= 0.6 is 11.6 Å². The van der Waals surface area contributed by atoms with Crippen LogP contribution in [0.25, 0.3) is 11.4 Å². The summed E-state index contributed by atoms with van der Waals surface area (Å²) < 4.78 is 23.5. The molecular weight excluding hydrogens is 522 g/mol. The summed E-state index contributed by atoms with van der Waals surface area (Å²) in [6.07, 6.45) is 5.22. The molecule has 1 fully saturated rings. The van der Waals surface area contributed by atoms with Gasteiger partial charge in [0.2, 0.25) is 6.79 Å². The van der Waals surface area contributed by atoms with Gasteiger partial charge in [-0.3, -0.25) is 14.5 Å². The van der Waals surface area contributed by atoms with E-state index in [0.29, 0.717) is 58.7 Å². The maximum atomic E-state index is 13.4. The molecule has 39 heavy (non-hydrogen) atoms. The van der Waals surface area contributed by atoms with Gasteiger partial charge >= 0.3 is 11.9 Å². The van der Waals surface area contributed by atoms with E-state index in [-0.39, 0.29) is 31.2 Å². The lowest BCUT2D eigenvalue weighted by Crippen LogP contribution is -2.27. The van der Waals surface area contributed by atoms with E-state index in [2.05, 4.69) is 4.98 Å². The van der Waals surface area contributed by atoms with Gasteiger partial charge in [-0.2, -0.15) is 5.10 Å². The Kier molecular flexibility index (Phi) is 8.35. The zero-order valence-corrected chi connectivity index (χ0v) is 22.9. The van der Waals surface area contributed by atoms with Gasteiger partial charge < -0.3 is 18.9 Å². The predicted octanol–water partition coefficient (Wildman–Crippen LogP) is 5.46. The fraction of sp³-hybridized carbons (Fsp3) is 0.448. The average Bonchev–Trinajstić information content (AvgIpc) is 3.54. The largest absolute Gasteiger partial charge is 0.466 e. The van der Waals surface area contributed by atoms with Crippen molar-refractivity contribution in [1.82, 2.24) is 14.8 Å². The highest BCUT2D eigenvalue weighted by Gasteiger charge is 2.31. The summed E-state index contributed by atoms with van der Waals surface area (Å²) in [5.74, 6) is 0.811. The molecule has 5 rings (SSSR count). The molecule has 0 spiro atoms. The Morgan fingerprint density at radius 2 is 1.79 bits per heavy atom. The molecule has 3 heterocycles. The van der Waals surface area contributed by atoms with Crippen molar-refractivity contribution in [1.29, 1.82) is 0 Å². The molecule has 10 heteroatoms. The third kappa shape index (κ3) is 5.88. The third-order valence-electron chi connectivity index (χ3n) is 7.23. The van der Waals surface area contributed by atoms with Crippen molar-refractivity contribution in [3.05, 3.63) is 58.4 Å². The number of fused-ring (bicyclic) bond motifs is 1. The average molecular weight is 554 g/mol. The smallest absolute Gasteiger partial charge is 0.356 e.